The molecule has 2 aromatic carbocycles. The molecule has 0 bridgehead atoms. The Morgan fingerprint density at radius 1 is 1.14 bits per heavy atom. The van der Waals surface area contributed by atoms with Crippen molar-refractivity contribution < 1.29 is 23.8 Å². The minimum absolute atomic E-state index is 0.0789. The molecule has 1 saturated heterocycles. The summed E-state index contributed by atoms with van der Waals surface area (Å²) in [6, 6.07) is 11.2. The summed E-state index contributed by atoms with van der Waals surface area (Å²) in [5.41, 5.74) is 2.38. The summed E-state index contributed by atoms with van der Waals surface area (Å²) in [5.74, 6) is 0.810. The smallest absolute Gasteiger partial charge is 0.415 e. The van der Waals surface area contributed by atoms with Crippen molar-refractivity contribution >= 4 is 33.6 Å². The molecule has 35 heavy (non-hydrogen) atoms. The van der Waals surface area contributed by atoms with Gasteiger partial charge >= 0.3 is 6.09 Å². The highest BCUT2D eigenvalue weighted by atomic mass is 79.9. The van der Waals surface area contributed by atoms with Gasteiger partial charge in [0.15, 0.2) is 11.5 Å². The third kappa shape index (κ3) is 5.27. The molecule has 0 saturated carbocycles. The number of nitrogens with zero attached hydrogens (tertiary/aromatic N) is 2. The molecule has 8 heteroatoms. The molecule has 0 spiro atoms. The lowest BCUT2D eigenvalue weighted by molar-refractivity contribution is 0.0542. The molecular weight excluding hydrogens is 512 g/mol. The van der Waals surface area contributed by atoms with E-state index in [1.54, 1.807) is 24.1 Å². The summed E-state index contributed by atoms with van der Waals surface area (Å²) in [4.78, 5) is 30.5. The van der Waals surface area contributed by atoms with Gasteiger partial charge in [-0.3, -0.25) is 9.69 Å². The van der Waals surface area contributed by atoms with Crippen molar-refractivity contribution in [2.45, 2.75) is 70.2 Å². The summed E-state index contributed by atoms with van der Waals surface area (Å²) >= 11 is 3.49. The molecule has 2 aromatic rings. The number of halogens is 1. The molecule has 0 unspecified atom stereocenters. The van der Waals surface area contributed by atoms with Crippen LogP contribution in [0.5, 0.6) is 11.5 Å². The van der Waals surface area contributed by atoms with Crippen molar-refractivity contribution in [3.63, 3.8) is 0 Å². The lowest BCUT2D eigenvalue weighted by Gasteiger charge is -2.35. The Balaban J connectivity index is 1.76. The zero-order valence-electron chi connectivity index (χ0n) is 21.0. The van der Waals surface area contributed by atoms with E-state index in [4.69, 9.17) is 14.2 Å². The molecule has 0 N–H and O–H groups in total. The first-order valence-corrected chi connectivity index (χ1v) is 13.1. The van der Waals surface area contributed by atoms with E-state index in [0.29, 0.717) is 35.9 Å². The number of rotatable bonds is 5. The predicted octanol–water partition coefficient (Wildman–Crippen LogP) is 5.92. The van der Waals surface area contributed by atoms with Crippen LogP contribution in [-0.4, -0.2) is 48.2 Å². The Bertz CT molecular complexity index is 1110. The van der Waals surface area contributed by atoms with Crippen LogP contribution in [0.25, 0.3) is 0 Å². The monoisotopic (exact) mass is 544 g/mol. The lowest BCUT2D eigenvalue weighted by atomic mass is 10.1. The van der Waals surface area contributed by atoms with Crippen molar-refractivity contribution in [2.75, 3.05) is 18.6 Å². The van der Waals surface area contributed by atoms with Gasteiger partial charge in [-0.1, -0.05) is 40.2 Å². The highest BCUT2D eigenvalue weighted by Crippen LogP contribution is 2.42. The van der Waals surface area contributed by atoms with Crippen molar-refractivity contribution in [2.24, 2.45) is 0 Å². The van der Waals surface area contributed by atoms with Gasteiger partial charge in [0.1, 0.15) is 12.2 Å². The summed E-state index contributed by atoms with van der Waals surface area (Å²) in [5, 5.41) is 0.755. The van der Waals surface area contributed by atoms with Gasteiger partial charge < -0.3 is 19.1 Å². The van der Waals surface area contributed by atoms with E-state index in [2.05, 4.69) is 22.0 Å². The quantitative estimate of drug-likeness (QED) is 0.437. The number of fused-ring (bicyclic) bond motifs is 2. The van der Waals surface area contributed by atoms with Crippen LogP contribution in [0.3, 0.4) is 0 Å². The average Bonchev–Trinajstić information content (AvgIpc) is 3.28. The van der Waals surface area contributed by atoms with E-state index in [1.807, 2.05) is 50.8 Å². The van der Waals surface area contributed by atoms with Crippen molar-refractivity contribution in [1.29, 1.82) is 0 Å². The third-order valence-corrected chi connectivity index (χ3v) is 7.07. The molecular formula is C27H33BrN2O5. The highest BCUT2D eigenvalue weighted by Gasteiger charge is 2.44. The molecule has 2 heterocycles. The SMILES string of the molecule is COc1cc2c(cc1OCc1cccc(CBr)c1)N(C(=O)OC(C)(C)C)[C@@H](C)[C@@H]1CCCN1C2=O. The van der Waals surface area contributed by atoms with Crippen LogP contribution in [0.2, 0.25) is 0 Å². The van der Waals surface area contributed by atoms with Gasteiger partial charge in [-0.05, 0) is 57.7 Å². The predicted molar refractivity (Wildman–Crippen MR) is 139 cm³/mol. The largest absolute Gasteiger partial charge is 0.493 e. The van der Waals surface area contributed by atoms with Gasteiger partial charge in [0.2, 0.25) is 0 Å². The summed E-state index contributed by atoms with van der Waals surface area (Å²) in [6.07, 6.45) is 1.27. The molecule has 4 rings (SSSR count). The first kappa shape index (κ1) is 25.4. The first-order chi connectivity index (χ1) is 16.6. The zero-order valence-corrected chi connectivity index (χ0v) is 22.6. The molecule has 0 aliphatic carbocycles. The molecule has 2 atom stereocenters. The fourth-order valence-electron chi connectivity index (χ4n) is 4.82. The number of hydrogen-bond acceptors (Lipinski definition) is 5. The maximum Gasteiger partial charge on any atom is 0.415 e. The summed E-state index contributed by atoms with van der Waals surface area (Å²) < 4.78 is 17.6. The van der Waals surface area contributed by atoms with Gasteiger partial charge in [0, 0.05) is 17.9 Å². The molecule has 2 aliphatic rings. The Morgan fingerprint density at radius 3 is 2.57 bits per heavy atom. The number of amides is 2. The Morgan fingerprint density at radius 2 is 1.89 bits per heavy atom. The molecule has 0 aromatic heterocycles. The van der Waals surface area contributed by atoms with Crippen LogP contribution in [-0.2, 0) is 16.7 Å². The van der Waals surface area contributed by atoms with Crippen LogP contribution in [0.4, 0.5) is 10.5 Å². The fraction of sp³-hybridized carbons (Fsp3) is 0.481. The number of methoxy groups -OCH3 is 1. The maximum absolute atomic E-state index is 13.6. The number of carbonyl (C=O) groups excluding carboxylic acids is 2. The number of ether oxygens (including phenoxy) is 3. The lowest BCUT2D eigenvalue weighted by Crippen LogP contribution is -2.50. The van der Waals surface area contributed by atoms with E-state index in [9.17, 15) is 9.59 Å². The van der Waals surface area contributed by atoms with Crippen molar-refractivity contribution in [3.05, 3.63) is 53.1 Å². The number of alkyl halides is 1. The van der Waals surface area contributed by atoms with Gasteiger partial charge in [-0.2, -0.15) is 0 Å². The number of carbonyl (C=O) groups is 2. The number of anilines is 1. The second-order valence-electron chi connectivity index (χ2n) is 10.1. The summed E-state index contributed by atoms with van der Waals surface area (Å²) in [7, 11) is 1.55. The first-order valence-electron chi connectivity index (χ1n) is 11.9. The van der Waals surface area contributed by atoms with Crippen LogP contribution >= 0.6 is 15.9 Å². The minimum atomic E-state index is -0.672. The third-order valence-electron chi connectivity index (χ3n) is 6.43. The molecule has 2 aliphatic heterocycles. The van der Waals surface area contributed by atoms with Gasteiger partial charge in [-0.25, -0.2) is 4.79 Å². The Labute approximate surface area is 215 Å². The van der Waals surface area contributed by atoms with Crippen molar-refractivity contribution in [3.8, 4) is 11.5 Å². The average molecular weight is 545 g/mol. The van der Waals surface area contributed by atoms with E-state index in [1.165, 1.54) is 0 Å². The Hall–Kier alpha value is -2.74. The molecule has 2 amide bonds. The van der Waals surface area contributed by atoms with E-state index >= 15 is 0 Å². The zero-order chi connectivity index (χ0) is 25.3. The van der Waals surface area contributed by atoms with Crippen molar-refractivity contribution in [1.82, 2.24) is 4.90 Å². The molecule has 1 fully saturated rings. The van der Waals surface area contributed by atoms with Gasteiger partial charge in [0.05, 0.1) is 30.4 Å². The minimum Gasteiger partial charge on any atom is -0.493 e. The van der Waals surface area contributed by atoms with E-state index in [0.717, 1.165) is 29.3 Å². The topological polar surface area (TPSA) is 68.3 Å². The molecule has 7 nitrogen and oxygen atoms in total. The second-order valence-corrected chi connectivity index (χ2v) is 10.6. The number of benzene rings is 2. The van der Waals surface area contributed by atoms with Crippen LogP contribution in [0.15, 0.2) is 36.4 Å². The standard InChI is InChI=1S/C27H33BrN2O5/c1-17-21-10-7-11-29(21)25(31)20-13-23(33-5)24(34-16-19-9-6-8-18(12-19)15-28)14-22(20)30(17)26(32)35-27(2,3)4/h6,8-9,12-14,17,21H,7,10-11,15-16H2,1-5H3/t17-,21-/m0/s1. The molecule has 188 valence electrons. The summed E-state index contributed by atoms with van der Waals surface area (Å²) in [6.45, 7) is 8.48. The van der Waals surface area contributed by atoms with Crippen LogP contribution in [0, 0.1) is 0 Å². The van der Waals surface area contributed by atoms with Crippen LogP contribution in [0.1, 0.15) is 62.0 Å². The molecule has 0 radical (unpaired) electrons. The fourth-order valence-corrected chi connectivity index (χ4v) is 5.17. The van der Waals surface area contributed by atoms with Crippen LogP contribution < -0.4 is 14.4 Å². The number of hydrogen-bond donors (Lipinski definition) is 0. The second kappa shape index (κ2) is 10.1. The van der Waals surface area contributed by atoms with E-state index in [-0.39, 0.29) is 18.0 Å². The highest BCUT2D eigenvalue weighted by molar-refractivity contribution is 9.08. The Kier molecular flexibility index (Phi) is 7.31. The van der Waals surface area contributed by atoms with E-state index < -0.39 is 11.7 Å². The van der Waals surface area contributed by atoms with Gasteiger partial charge in [0.25, 0.3) is 5.91 Å². The normalized spacial score (nSPS) is 19.7. The van der Waals surface area contributed by atoms with Gasteiger partial charge in [-0.15, -0.1) is 0 Å². The maximum atomic E-state index is 13.6.